The fraction of sp³-hybridized carbons (Fsp3) is 0.182. The summed E-state index contributed by atoms with van der Waals surface area (Å²) in [4.78, 5) is 13.8. The van der Waals surface area contributed by atoms with Crippen LogP contribution in [-0.4, -0.2) is 22.1 Å². The van der Waals surface area contributed by atoms with Crippen molar-refractivity contribution in [2.24, 2.45) is 0 Å². The molecule has 1 atom stereocenters. The molecule has 1 heterocycles. The van der Waals surface area contributed by atoms with Crippen molar-refractivity contribution < 1.29 is 15.8 Å². The molecule has 4 nitrogen and oxygen atoms in total. The van der Waals surface area contributed by atoms with Crippen LogP contribution in [0.4, 0.5) is 4.48 Å². The van der Waals surface area contributed by atoms with Crippen molar-refractivity contribution in [3.63, 3.8) is 0 Å². The average Bonchev–Trinajstić information content (AvgIpc) is 2.68. The van der Waals surface area contributed by atoms with E-state index in [9.17, 15) is 9.28 Å². The zero-order valence-electron chi connectivity index (χ0n) is 9.35. The number of carboxylic acid groups (broad SMARTS) is 1. The van der Waals surface area contributed by atoms with Crippen molar-refractivity contribution in [2.45, 2.75) is 12.5 Å². The Morgan fingerprint density at radius 1 is 1.62 bits per heavy atom. The highest BCUT2D eigenvalue weighted by Gasteiger charge is 2.18. The molecule has 0 bridgehead atoms. The van der Waals surface area contributed by atoms with Gasteiger partial charge in [-0.25, -0.2) is 0 Å². The number of halogens is 1. The number of carboxylic acids is 1. The second kappa shape index (κ2) is 4.32. The van der Waals surface area contributed by atoms with Gasteiger partial charge >= 0.3 is 5.97 Å². The van der Waals surface area contributed by atoms with Crippen molar-refractivity contribution in [1.29, 1.82) is 0 Å². The Hall–Kier alpha value is -1.88. The third kappa shape index (κ3) is 1.90. The Balaban J connectivity index is 2.31. The molecule has 5 heteroatoms. The maximum Gasteiger partial charge on any atom is 0.323 e. The van der Waals surface area contributed by atoms with E-state index in [1.165, 1.54) is 0 Å². The molecule has 16 heavy (non-hydrogen) atoms. The number of benzene rings is 1. The highest BCUT2D eigenvalue weighted by atomic mass is 19.2. The van der Waals surface area contributed by atoms with Crippen molar-refractivity contribution in [2.75, 3.05) is 0 Å². The molecule has 0 saturated heterocycles. The van der Waals surface area contributed by atoms with E-state index in [1.807, 2.05) is 24.3 Å². The molecule has 2 aromatic rings. The Labute approximate surface area is 92.5 Å². The van der Waals surface area contributed by atoms with Crippen LogP contribution in [0.25, 0.3) is 10.9 Å². The summed E-state index contributed by atoms with van der Waals surface area (Å²) in [5.41, 5.74) is 1.02. The first-order valence-electron chi connectivity index (χ1n) is 5.26. The third-order valence-corrected chi connectivity index (χ3v) is 2.49. The summed E-state index contributed by atoms with van der Waals surface area (Å²) in [6, 6.07) is 5.86. The van der Waals surface area contributed by atoms with E-state index in [1.54, 1.807) is 6.20 Å². The predicted molar refractivity (Wildman–Crippen MR) is 57.7 cm³/mol. The van der Waals surface area contributed by atoms with Gasteiger partial charge in [0.2, 0.25) is 0 Å². The Morgan fingerprint density at radius 3 is 3.06 bits per heavy atom. The van der Waals surface area contributed by atoms with E-state index in [4.69, 9.17) is 6.52 Å². The van der Waals surface area contributed by atoms with Crippen LogP contribution in [0.1, 0.15) is 5.56 Å². The van der Waals surface area contributed by atoms with E-state index in [2.05, 4.69) is 4.98 Å². The van der Waals surface area contributed by atoms with E-state index in [0.717, 1.165) is 10.9 Å². The van der Waals surface area contributed by atoms with E-state index in [-0.39, 0.29) is 6.42 Å². The van der Waals surface area contributed by atoms with Gasteiger partial charge in [0.05, 0.1) is 0 Å². The molecule has 0 radical (unpaired) electrons. The van der Waals surface area contributed by atoms with Crippen molar-refractivity contribution >= 4 is 16.9 Å². The number of H-pyrrole nitrogens is 1. The minimum absolute atomic E-state index is 0.0562. The molecule has 3 N–H and O–H groups in total. The largest absolute Gasteiger partial charge is 0.480 e. The lowest BCUT2D eigenvalue weighted by atomic mass is 10.1. The van der Waals surface area contributed by atoms with Crippen LogP contribution in [0.5, 0.6) is 0 Å². The molecule has 0 aliphatic heterocycles. The fourth-order valence-electron chi connectivity index (χ4n) is 1.67. The summed E-state index contributed by atoms with van der Waals surface area (Å²) in [5.74, 6) is -1.35. The lowest BCUT2D eigenvalue weighted by Crippen LogP contribution is -2.33. The Morgan fingerprint density at radius 2 is 2.38 bits per heavy atom. The van der Waals surface area contributed by atoms with Gasteiger partial charge in [-0.15, -0.1) is 10.0 Å². The number of nitrogens with one attached hydrogen (secondary N) is 2. The fourth-order valence-corrected chi connectivity index (χ4v) is 1.67. The smallest absolute Gasteiger partial charge is 0.323 e. The summed E-state index contributed by atoms with van der Waals surface area (Å²) in [6.45, 7) is 0. The summed E-state index contributed by atoms with van der Waals surface area (Å²) >= 11 is 0. The van der Waals surface area contributed by atoms with Crippen LogP contribution in [0.15, 0.2) is 30.5 Å². The van der Waals surface area contributed by atoms with Gasteiger partial charge in [0.1, 0.15) is 6.04 Å². The Bertz CT molecular complexity index is 541. The van der Waals surface area contributed by atoms with Crippen LogP contribution in [0.3, 0.4) is 0 Å². The lowest BCUT2D eigenvalue weighted by molar-refractivity contribution is -0.140. The maximum atomic E-state index is 12.7. The molecule has 0 unspecified atom stereocenters. The molecule has 1 aromatic heterocycles. The number of carbonyl (C=O) groups is 1. The second-order valence-electron chi connectivity index (χ2n) is 3.52. The van der Waals surface area contributed by atoms with Gasteiger partial charge in [-0.3, -0.25) is 4.79 Å². The van der Waals surface area contributed by atoms with Crippen molar-refractivity contribution in [3.8, 4) is 0 Å². The zero-order valence-corrected chi connectivity index (χ0v) is 8.35. The van der Waals surface area contributed by atoms with Gasteiger partial charge in [-0.1, -0.05) is 18.2 Å². The Kier molecular flexibility index (Phi) is 2.53. The van der Waals surface area contributed by atoms with Crippen LogP contribution in [0.2, 0.25) is 1.41 Å². The van der Waals surface area contributed by atoms with Gasteiger partial charge in [-0.05, 0) is 11.6 Å². The second-order valence-corrected chi connectivity index (χ2v) is 3.52. The standard InChI is InChI=1S/C11H11FN2O2/c12-14-10(11(15)16)5-7-6-13-9-4-2-1-3-8(7)9/h1-4,6,10,13-14H,5H2,(H,15,16)/t10-/m0/s1/i/hD. The first kappa shape index (κ1) is 9.35. The van der Waals surface area contributed by atoms with Gasteiger partial charge < -0.3 is 10.1 Å². The maximum absolute atomic E-state index is 12.7. The molecule has 0 spiro atoms. The first-order chi connectivity index (χ1) is 8.09. The van der Waals surface area contributed by atoms with Gasteiger partial charge in [0.15, 0.2) is 1.41 Å². The number of hydrogen-bond acceptors (Lipinski definition) is 2. The highest BCUT2D eigenvalue weighted by Crippen LogP contribution is 2.19. The molecule has 0 aliphatic carbocycles. The monoisotopic (exact) mass is 223 g/mol. The quantitative estimate of drug-likeness (QED) is 0.690. The van der Waals surface area contributed by atoms with Crippen LogP contribution >= 0.6 is 0 Å². The van der Waals surface area contributed by atoms with Gasteiger partial charge in [-0.2, -0.15) is 0 Å². The molecular weight excluding hydrogens is 211 g/mol. The number of aliphatic carboxylic acids is 1. The highest BCUT2D eigenvalue weighted by molar-refractivity contribution is 5.84. The van der Waals surface area contributed by atoms with Gasteiger partial charge in [0.25, 0.3) is 0 Å². The van der Waals surface area contributed by atoms with Crippen LogP contribution in [-0.2, 0) is 11.2 Å². The van der Waals surface area contributed by atoms with Crippen molar-refractivity contribution in [1.82, 2.24) is 10.5 Å². The molecule has 0 amide bonds. The third-order valence-electron chi connectivity index (χ3n) is 2.49. The summed E-state index contributed by atoms with van der Waals surface area (Å²) in [6.07, 6.45) is 1.59. The molecule has 84 valence electrons. The van der Waals surface area contributed by atoms with E-state index < -0.39 is 17.5 Å². The van der Waals surface area contributed by atoms with E-state index >= 15 is 0 Å². The van der Waals surface area contributed by atoms with Crippen molar-refractivity contribution in [3.05, 3.63) is 36.0 Å². The predicted octanol–water partition coefficient (Wildman–Crippen LogP) is 1.64. The molecule has 0 saturated carbocycles. The van der Waals surface area contributed by atoms with Crippen LogP contribution in [0, 0.1) is 0 Å². The summed E-state index contributed by atoms with van der Waals surface area (Å²) in [7, 11) is 0. The number of para-hydroxylation sites is 1. The van der Waals surface area contributed by atoms with Crippen LogP contribution < -0.4 is 5.53 Å². The first-order valence-corrected chi connectivity index (χ1v) is 4.81. The number of aromatic amines is 1. The number of hydrogen-bond donors (Lipinski definition) is 3. The number of aromatic nitrogens is 1. The molecule has 0 aliphatic rings. The molecule has 0 fully saturated rings. The molecular formula is C11H11FN2O2. The molecule has 2 rings (SSSR count). The minimum atomic E-state index is -1.49. The normalized spacial score (nSPS) is 14.0. The summed E-state index contributed by atoms with van der Waals surface area (Å²) in [5, 5.41) is 9.65. The lowest BCUT2D eigenvalue weighted by Gasteiger charge is -2.07. The number of rotatable bonds is 4. The summed E-state index contributed by atoms with van der Waals surface area (Å²) < 4.78 is 19.5. The minimum Gasteiger partial charge on any atom is -0.480 e. The van der Waals surface area contributed by atoms with E-state index in [0.29, 0.717) is 5.56 Å². The average molecular weight is 223 g/mol. The zero-order chi connectivity index (χ0) is 12.4. The SMILES string of the molecule is [2H]N(F)[C@@H](Cc1c[nH]c2ccccc12)C(=O)O. The molecule has 1 aromatic carbocycles. The number of fused-ring (bicyclic) bond motifs is 1. The topological polar surface area (TPSA) is 65.1 Å². The van der Waals surface area contributed by atoms with Gasteiger partial charge in [0, 0.05) is 23.5 Å².